The predicted molar refractivity (Wildman–Crippen MR) is 69.5 cm³/mol. The molecule has 6 heteroatoms. The summed E-state index contributed by atoms with van der Waals surface area (Å²) in [5, 5.41) is 27.9. The number of carboxylic acid groups (broad SMARTS) is 4. The molecule has 0 saturated carbocycles. The van der Waals surface area contributed by atoms with Gasteiger partial charge in [0, 0.05) is 0 Å². The molecular weight excluding hydrogens is 240 g/mol. The number of unbranched alkanes of at least 4 members (excludes halogenated alkanes) is 2. The Morgan fingerprint density at radius 2 is 1.17 bits per heavy atom. The van der Waals surface area contributed by atoms with Crippen LogP contribution >= 0.6 is 0 Å². The lowest BCUT2D eigenvalue weighted by atomic mass is 9.96. The highest BCUT2D eigenvalue weighted by Gasteiger charge is 2.00. The lowest BCUT2D eigenvalue weighted by Crippen LogP contribution is -1.95. The molecule has 0 aliphatic rings. The highest BCUT2D eigenvalue weighted by atomic mass is 16.6. The van der Waals surface area contributed by atoms with E-state index in [9.17, 15) is 0 Å². The summed E-state index contributed by atoms with van der Waals surface area (Å²) >= 11 is 0. The molecule has 110 valence electrons. The van der Waals surface area contributed by atoms with Gasteiger partial charge in [-0.1, -0.05) is 59.3 Å². The summed E-state index contributed by atoms with van der Waals surface area (Å²) in [7, 11) is 0. The van der Waals surface area contributed by atoms with Crippen LogP contribution in [0.25, 0.3) is 0 Å². The van der Waals surface area contributed by atoms with E-state index in [1.165, 1.54) is 38.5 Å². The summed E-state index contributed by atoms with van der Waals surface area (Å²) in [6.45, 7) is 6.88. The van der Waals surface area contributed by atoms with Gasteiger partial charge in [0.05, 0.1) is 0 Å². The van der Waals surface area contributed by atoms with Gasteiger partial charge in [-0.05, 0) is 5.92 Å². The van der Waals surface area contributed by atoms with E-state index >= 15 is 0 Å². The quantitative estimate of drug-likeness (QED) is 0.528. The first-order chi connectivity index (χ1) is 8.31. The first-order valence-corrected chi connectivity index (χ1v) is 6.15. The zero-order chi connectivity index (χ0) is 15.0. The summed E-state index contributed by atoms with van der Waals surface area (Å²) in [6.07, 6.45) is 4.78. The number of carbonyl (C=O) groups is 2. The molecule has 6 nitrogen and oxygen atoms in total. The largest absolute Gasteiger partial charge is 0.503 e. The second-order valence-electron chi connectivity index (χ2n) is 3.74. The Hall–Kier alpha value is -1.46. The van der Waals surface area contributed by atoms with E-state index in [1.54, 1.807) is 0 Å². The van der Waals surface area contributed by atoms with E-state index in [1.807, 2.05) is 0 Å². The smallest absolute Gasteiger partial charge is 0.450 e. The second kappa shape index (κ2) is 17.9. The summed E-state index contributed by atoms with van der Waals surface area (Å²) in [5.74, 6) is 1.01. The fraction of sp³-hybridized carbons (Fsp3) is 0.833. The van der Waals surface area contributed by atoms with E-state index in [2.05, 4.69) is 20.8 Å². The molecule has 4 N–H and O–H groups in total. The molecule has 0 fully saturated rings. The maximum absolute atomic E-state index is 8.56. The third-order valence-corrected chi connectivity index (χ3v) is 2.37. The lowest BCUT2D eigenvalue weighted by molar-refractivity contribution is 0.135. The van der Waals surface area contributed by atoms with E-state index in [-0.39, 0.29) is 0 Å². The molecule has 0 aromatic heterocycles. The highest BCUT2D eigenvalue weighted by Crippen LogP contribution is 2.16. The van der Waals surface area contributed by atoms with Crippen LogP contribution in [0.15, 0.2) is 0 Å². The second-order valence-corrected chi connectivity index (χ2v) is 3.74. The lowest BCUT2D eigenvalue weighted by Gasteiger charge is -2.10. The van der Waals surface area contributed by atoms with Crippen molar-refractivity contribution >= 4 is 12.3 Å². The van der Waals surface area contributed by atoms with Crippen LogP contribution in [0, 0.1) is 5.92 Å². The Labute approximate surface area is 108 Å². The van der Waals surface area contributed by atoms with E-state index < -0.39 is 12.3 Å². The van der Waals surface area contributed by atoms with Crippen LogP contribution in [0.1, 0.15) is 59.3 Å². The molecule has 0 radical (unpaired) electrons. The summed E-state index contributed by atoms with van der Waals surface area (Å²) in [4.78, 5) is 17.1. The van der Waals surface area contributed by atoms with Gasteiger partial charge in [0.15, 0.2) is 0 Å². The molecule has 0 atom stereocenters. The number of hydrogen-bond donors (Lipinski definition) is 4. The normalized spacial score (nSPS) is 8.67. The molecule has 0 aromatic rings. The van der Waals surface area contributed by atoms with Crippen LogP contribution in [-0.4, -0.2) is 32.7 Å². The minimum atomic E-state index is -1.83. The minimum Gasteiger partial charge on any atom is -0.450 e. The molecule has 0 aliphatic carbocycles. The third kappa shape index (κ3) is 46.9. The highest BCUT2D eigenvalue weighted by molar-refractivity contribution is 5.53. The van der Waals surface area contributed by atoms with Crippen LogP contribution in [0.5, 0.6) is 0 Å². The van der Waals surface area contributed by atoms with Crippen molar-refractivity contribution in [3.05, 3.63) is 0 Å². The van der Waals surface area contributed by atoms with Crippen LogP contribution in [-0.2, 0) is 0 Å². The molecular formula is C12H26O6. The average Bonchev–Trinajstić information content (AvgIpc) is 2.23. The fourth-order valence-electron chi connectivity index (χ4n) is 1.38. The van der Waals surface area contributed by atoms with E-state index in [4.69, 9.17) is 30.0 Å². The summed E-state index contributed by atoms with van der Waals surface area (Å²) in [5.41, 5.74) is 0. The van der Waals surface area contributed by atoms with Crippen molar-refractivity contribution in [3.8, 4) is 0 Å². The SMILES string of the molecule is CCCCCC(CC)CC.O=C(O)O.O=C(O)O. The minimum absolute atomic E-state index is 1.01. The van der Waals surface area contributed by atoms with E-state index in [0.717, 1.165) is 5.92 Å². The van der Waals surface area contributed by atoms with Gasteiger partial charge in [-0.3, -0.25) is 0 Å². The van der Waals surface area contributed by atoms with Crippen molar-refractivity contribution in [2.45, 2.75) is 59.3 Å². The van der Waals surface area contributed by atoms with Crippen molar-refractivity contribution in [1.82, 2.24) is 0 Å². The first kappa shape index (κ1) is 21.8. The van der Waals surface area contributed by atoms with Gasteiger partial charge in [0.25, 0.3) is 0 Å². The standard InChI is InChI=1S/C10H22.2CH2O3/c1-4-7-8-9-10(5-2)6-3;2*2-1(3)4/h10H,4-9H2,1-3H3;2*(H2,2,3,4). The van der Waals surface area contributed by atoms with Crippen LogP contribution in [0.3, 0.4) is 0 Å². The predicted octanol–water partition coefficient (Wildman–Crippen LogP) is 4.45. The Bertz CT molecular complexity index is 169. The number of hydrogen-bond acceptors (Lipinski definition) is 2. The molecule has 0 aromatic carbocycles. The summed E-state index contributed by atoms with van der Waals surface area (Å²) < 4.78 is 0. The molecule has 0 heterocycles. The van der Waals surface area contributed by atoms with Gasteiger partial charge in [-0.15, -0.1) is 0 Å². The van der Waals surface area contributed by atoms with E-state index in [0.29, 0.717) is 0 Å². The Balaban J connectivity index is -0.000000233. The topological polar surface area (TPSA) is 115 Å². The molecule has 18 heavy (non-hydrogen) atoms. The van der Waals surface area contributed by atoms with Gasteiger partial charge in [-0.25, -0.2) is 9.59 Å². The third-order valence-electron chi connectivity index (χ3n) is 2.37. The van der Waals surface area contributed by atoms with Crippen molar-refractivity contribution < 1.29 is 30.0 Å². The van der Waals surface area contributed by atoms with Crippen LogP contribution in [0.4, 0.5) is 9.59 Å². The van der Waals surface area contributed by atoms with Gasteiger partial charge < -0.3 is 20.4 Å². The molecule has 0 amide bonds. The first-order valence-electron chi connectivity index (χ1n) is 6.15. The Morgan fingerprint density at radius 1 is 0.833 bits per heavy atom. The van der Waals surface area contributed by atoms with Crippen molar-refractivity contribution in [2.24, 2.45) is 5.92 Å². The Morgan fingerprint density at radius 3 is 1.39 bits per heavy atom. The fourth-order valence-corrected chi connectivity index (χ4v) is 1.38. The van der Waals surface area contributed by atoms with Gasteiger partial charge in [0.1, 0.15) is 0 Å². The maximum atomic E-state index is 8.56. The molecule has 0 spiro atoms. The molecule has 0 bridgehead atoms. The van der Waals surface area contributed by atoms with Gasteiger partial charge >= 0.3 is 12.3 Å². The number of rotatable bonds is 6. The monoisotopic (exact) mass is 266 g/mol. The van der Waals surface area contributed by atoms with Gasteiger partial charge in [0.2, 0.25) is 0 Å². The van der Waals surface area contributed by atoms with Crippen molar-refractivity contribution in [3.63, 3.8) is 0 Å². The summed E-state index contributed by atoms with van der Waals surface area (Å²) in [6, 6.07) is 0. The molecule has 0 saturated heterocycles. The molecule has 0 rings (SSSR count). The van der Waals surface area contributed by atoms with Crippen LogP contribution < -0.4 is 0 Å². The maximum Gasteiger partial charge on any atom is 0.503 e. The van der Waals surface area contributed by atoms with Gasteiger partial charge in [-0.2, -0.15) is 0 Å². The van der Waals surface area contributed by atoms with Crippen molar-refractivity contribution in [1.29, 1.82) is 0 Å². The molecule has 0 unspecified atom stereocenters. The molecule has 0 aliphatic heterocycles. The average molecular weight is 266 g/mol. The van der Waals surface area contributed by atoms with Crippen molar-refractivity contribution in [2.75, 3.05) is 0 Å². The Kier molecular flexibility index (Phi) is 21.7. The zero-order valence-electron chi connectivity index (χ0n) is 11.4. The van der Waals surface area contributed by atoms with Crippen LogP contribution in [0.2, 0.25) is 0 Å². The zero-order valence-corrected chi connectivity index (χ0v) is 11.4.